The van der Waals surface area contributed by atoms with E-state index in [-0.39, 0.29) is 17.9 Å². The quantitative estimate of drug-likeness (QED) is 0.678. The number of hydrogen-bond donors (Lipinski definition) is 1. The molecule has 0 saturated carbocycles. The molecular weight excluding hydrogens is 198 g/mol. The highest BCUT2D eigenvalue weighted by Crippen LogP contribution is 2.19. The normalized spacial score (nSPS) is 27.1. The van der Waals surface area contributed by atoms with Crippen LogP contribution in [0.2, 0.25) is 0 Å². The minimum absolute atomic E-state index is 0.120. The molecule has 1 amide bonds. The second-order valence-corrected chi connectivity index (χ2v) is 3.83. The van der Waals surface area contributed by atoms with Gasteiger partial charge in [0.2, 0.25) is 5.91 Å². The van der Waals surface area contributed by atoms with E-state index in [0.29, 0.717) is 13.0 Å². The van der Waals surface area contributed by atoms with Gasteiger partial charge in [-0.15, -0.1) is 0 Å². The molecule has 86 valence electrons. The average Bonchev–Trinajstić information content (AvgIpc) is 2.63. The zero-order valence-corrected chi connectivity index (χ0v) is 9.28. The summed E-state index contributed by atoms with van der Waals surface area (Å²) in [5.74, 6) is -0.723. The van der Waals surface area contributed by atoms with E-state index in [0.717, 1.165) is 0 Å². The lowest BCUT2D eigenvalue weighted by molar-refractivity contribution is -0.145. The van der Waals surface area contributed by atoms with Crippen molar-refractivity contribution >= 4 is 11.9 Å². The number of amides is 1. The molecule has 1 heterocycles. The first kappa shape index (κ1) is 12.0. The number of carbonyl (C=O) groups is 2. The number of carbonyl (C=O) groups excluding carboxylic acids is 2. The van der Waals surface area contributed by atoms with Crippen LogP contribution in [-0.4, -0.2) is 37.7 Å². The molecule has 1 aliphatic rings. The van der Waals surface area contributed by atoms with Gasteiger partial charge in [0.05, 0.1) is 25.7 Å². The van der Waals surface area contributed by atoms with Gasteiger partial charge < -0.3 is 14.8 Å². The van der Waals surface area contributed by atoms with Crippen LogP contribution in [-0.2, 0) is 19.1 Å². The largest absolute Gasteiger partial charge is 0.467 e. The molecule has 1 fully saturated rings. The third-order valence-corrected chi connectivity index (χ3v) is 2.48. The van der Waals surface area contributed by atoms with Crippen LogP contribution >= 0.6 is 0 Å². The van der Waals surface area contributed by atoms with E-state index in [1.54, 1.807) is 6.92 Å². The minimum Gasteiger partial charge on any atom is -0.467 e. The standard InChI is InChI=1S/C10H17NO4/c1-6-4-8(5-15-6)9(12)11-7(2)10(13)14-3/h6-8H,4-5H2,1-3H3,(H,11,12). The second kappa shape index (κ2) is 5.11. The second-order valence-electron chi connectivity index (χ2n) is 3.83. The lowest BCUT2D eigenvalue weighted by Gasteiger charge is -2.14. The Kier molecular flexibility index (Phi) is 4.08. The van der Waals surface area contributed by atoms with Crippen molar-refractivity contribution in [2.75, 3.05) is 13.7 Å². The Bertz CT molecular complexity index is 254. The summed E-state index contributed by atoms with van der Waals surface area (Å²) in [6, 6.07) is -0.599. The van der Waals surface area contributed by atoms with Crippen LogP contribution in [0.5, 0.6) is 0 Å². The molecule has 5 heteroatoms. The smallest absolute Gasteiger partial charge is 0.328 e. The van der Waals surface area contributed by atoms with Gasteiger partial charge in [-0.2, -0.15) is 0 Å². The number of methoxy groups -OCH3 is 1. The van der Waals surface area contributed by atoms with E-state index in [1.165, 1.54) is 7.11 Å². The summed E-state index contributed by atoms with van der Waals surface area (Å²) in [7, 11) is 1.30. The number of nitrogens with one attached hydrogen (secondary N) is 1. The predicted octanol–water partition coefficient (Wildman–Crippen LogP) is 0.0891. The van der Waals surface area contributed by atoms with Crippen molar-refractivity contribution in [1.29, 1.82) is 0 Å². The van der Waals surface area contributed by atoms with E-state index in [9.17, 15) is 9.59 Å². The molecule has 0 spiro atoms. The molecule has 0 bridgehead atoms. The SMILES string of the molecule is COC(=O)C(C)NC(=O)C1COC(C)C1. The molecule has 3 unspecified atom stereocenters. The zero-order chi connectivity index (χ0) is 11.4. The van der Waals surface area contributed by atoms with Gasteiger partial charge in [-0.1, -0.05) is 0 Å². The highest BCUT2D eigenvalue weighted by atomic mass is 16.5. The summed E-state index contributed by atoms with van der Waals surface area (Å²) in [4.78, 5) is 22.7. The molecule has 15 heavy (non-hydrogen) atoms. The lowest BCUT2D eigenvalue weighted by atomic mass is 10.1. The highest BCUT2D eigenvalue weighted by molar-refractivity contribution is 5.85. The molecule has 0 aromatic heterocycles. The van der Waals surface area contributed by atoms with Gasteiger partial charge in [0.25, 0.3) is 0 Å². The fourth-order valence-electron chi connectivity index (χ4n) is 1.57. The van der Waals surface area contributed by atoms with Gasteiger partial charge in [0.15, 0.2) is 0 Å². The van der Waals surface area contributed by atoms with Crippen molar-refractivity contribution in [3.05, 3.63) is 0 Å². The zero-order valence-electron chi connectivity index (χ0n) is 9.28. The fourth-order valence-corrected chi connectivity index (χ4v) is 1.57. The van der Waals surface area contributed by atoms with Gasteiger partial charge >= 0.3 is 5.97 Å². The Morgan fingerprint density at radius 1 is 1.53 bits per heavy atom. The minimum atomic E-state index is -0.599. The van der Waals surface area contributed by atoms with Gasteiger partial charge in [0.1, 0.15) is 6.04 Å². The summed E-state index contributed by atoms with van der Waals surface area (Å²) in [5.41, 5.74) is 0. The Morgan fingerprint density at radius 2 is 2.20 bits per heavy atom. The van der Waals surface area contributed by atoms with Gasteiger partial charge in [-0.05, 0) is 20.3 Å². The van der Waals surface area contributed by atoms with Crippen LogP contribution in [0.1, 0.15) is 20.3 Å². The van der Waals surface area contributed by atoms with Gasteiger partial charge in [0, 0.05) is 0 Å². The number of hydrogen-bond acceptors (Lipinski definition) is 4. The first-order valence-corrected chi connectivity index (χ1v) is 5.04. The predicted molar refractivity (Wildman–Crippen MR) is 53.1 cm³/mol. The first-order valence-electron chi connectivity index (χ1n) is 5.04. The van der Waals surface area contributed by atoms with E-state index in [4.69, 9.17) is 4.74 Å². The summed E-state index contributed by atoms with van der Waals surface area (Å²) in [6.07, 6.45) is 0.828. The summed E-state index contributed by atoms with van der Waals surface area (Å²) in [5, 5.41) is 2.60. The molecule has 5 nitrogen and oxygen atoms in total. The van der Waals surface area contributed by atoms with Gasteiger partial charge in [-0.3, -0.25) is 4.79 Å². The molecule has 3 atom stereocenters. The lowest BCUT2D eigenvalue weighted by Crippen LogP contribution is -2.42. The van der Waals surface area contributed by atoms with E-state index >= 15 is 0 Å². The van der Waals surface area contributed by atoms with Crippen LogP contribution < -0.4 is 5.32 Å². The molecular formula is C10H17NO4. The van der Waals surface area contributed by atoms with Crippen LogP contribution in [0.4, 0.5) is 0 Å². The van der Waals surface area contributed by atoms with Crippen LogP contribution in [0, 0.1) is 5.92 Å². The highest BCUT2D eigenvalue weighted by Gasteiger charge is 2.29. The van der Waals surface area contributed by atoms with E-state index < -0.39 is 12.0 Å². The first-order chi connectivity index (χ1) is 7.04. The molecule has 1 aliphatic heterocycles. The maximum Gasteiger partial charge on any atom is 0.328 e. The topological polar surface area (TPSA) is 64.6 Å². The monoisotopic (exact) mass is 215 g/mol. The Balaban J connectivity index is 2.38. The fraction of sp³-hybridized carbons (Fsp3) is 0.800. The maximum absolute atomic E-state index is 11.6. The Hall–Kier alpha value is -1.10. The number of esters is 1. The van der Waals surface area contributed by atoms with Crippen molar-refractivity contribution < 1.29 is 19.1 Å². The van der Waals surface area contributed by atoms with Crippen LogP contribution in [0.3, 0.4) is 0 Å². The third-order valence-electron chi connectivity index (χ3n) is 2.48. The molecule has 1 rings (SSSR count). The van der Waals surface area contributed by atoms with Crippen molar-refractivity contribution in [2.45, 2.75) is 32.4 Å². The van der Waals surface area contributed by atoms with Crippen molar-refractivity contribution in [3.8, 4) is 0 Å². The Morgan fingerprint density at radius 3 is 2.67 bits per heavy atom. The maximum atomic E-state index is 11.6. The molecule has 0 aromatic carbocycles. The third kappa shape index (κ3) is 3.20. The van der Waals surface area contributed by atoms with Crippen molar-refractivity contribution in [1.82, 2.24) is 5.32 Å². The van der Waals surface area contributed by atoms with E-state index in [2.05, 4.69) is 10.1 Å². The molecule has 0 radical (unpaired) electrons. The number of rotatable bonds is 3. The summed E-state index contributed by atoms with van der Waals surface area (Å²) >= 11 is 0. The van der Waals surface area contributed by atoms with Crippen LogP contribution in [0.25, 0.3) is 0 Å². The Labute approximate surface area is 89.1 Å². The van der Waals surface area contributed by atoms with Crippen LogP contribution in [0.15, 0.2) is 0 Å². The molecule has 0 aliphatic carbocycles. The average molecular weight is 215 g/mol. The van der Waals surface area contributed by atoms with E-state index in [1.807, 2.05) is 6.92 Å². The summed E-state index contributed by atoms with van der Waals surface area (Å²) in [6.45, 7) is 3.96. The molecule has 0 aromatic rings. The molecule has 1 N–H and O–H groups in total. The summed E-state index contributed by atoms with van der Waals surface area (Å²) < 4.78 is 9.79. The van der Waals surface area contributed by atoms with Gasteiger partial charge in [-0.25, -0.2) is 4.79 Å². The van der Waals surface area contributed by atoms with Crippen molar-refractivity contribution in [2.24, 2.45) is 5.92 Å². The molecule has 1 saturated heterocycles. The number of ether oxygens (including phenoxy) is 2. The van der Waals surface area contributed by atoms with Crippen molar-refractivity contribution in [3.63, 3.8) is 0 Å².